The first kappa shape index (κ1) is 17.7. The molecule has 0 fully saturated rings. The number of nitrogens with one attached hydrogen (secondary N) is 2. The first-order chi connectivity index (χ1) is 11.1. The molecule has 2 heterocycles. The van der Waals surface area contributed by atoms with E-state index in [0.717, 1.165) is 4.34 Å². The third-order valence-corrected chi connectivity index (χ3v) is 5.10. The number of hydrogen-bond donors (Lipinski definition) is 2. The molecule has 2 aromatic rings. The number of aryl methyl sites for hydroxylation is 1. The summed E-state index contributed by atoms with van der Waals surface area (Å²) in [6, 6.07) is 1.68. The molecule has 10 heteroatoms. The van der Waals surface area contributed by atoms with Gasteiger partial charge in [0.1, 0.15) is 5.76 Å². The lowest BCUT2D eigenvalue weighted by atomic mass is 10.3. The fourth-order valence-corrected chi connectivity index (χ4v) is 3.61. The average Bonchev–Trinajstić information content (AvgIpc) is 3.14. The zero-order valence-corrected chi connectivity index (χ0v) is 14.8. The van der Waals surface area contributed by atoms with Gasteiger partial charge in [-0.3, -0.25) is 4.79 Å². The van der Waals surface area contributed by atoms with Crippen LogP contribution in [0.15, 0.2) is 14.9 Å². The minimum atomic E-state index is -0.271. The van der Waals surface area contributed by atoms with Crippen molar-refractivity contribution in [3.8, 4) is 0 Å². The van der Waals surface area contributed by atoms with Crippen molar-refractivity contribution in [1.29, 1.82) is 0 Å². The van der Waals surface area contributed by atoms with Gasteiger partial charge in [0.15, 0.2) is 10.2 Å². The molecule has 0 aliphatic carbocycles. The van der Waals surface area contributed by atoms with E-state index in [1.54, 1.807) is 20.1 Å². The average molecular weight is 357 g/mol. The molecule has 0 aromatic carbocycles. The summed E-state index contributed by atoms with van der Waals surface area (Å²) in [6.07, 6.45) is 0.666. The fraction of sp³-hybridized carbons (Fsp3) is 0.538. The van der Waals surface area contributed by atoms with Crippen molar-refractivity contribution in [1.82, 2.24) is 15.4 Å². The van der Waals surface area contributed by atoms with Crippen LogP contribution in [0, 0.1) is 6.92 Å². The van der Waals surface area contributed by atoms with Crippen LogP contribution in [-0.2, 0) is 9.53 Å². The van der Waals surface area contributed by atoms with E-state index in [4.69, 9.17) is 9.26 Å². The highest BCUT2D eigenvalue weighted by Crippen LogP contribution is 2.30. The molecule has 1 amide bonds. The number of nitrogens with zero attached hydrogens (tertiary/aromatic N) is 3. The van der Waals surface area contributed by atoms with Gasteiger partial charge in [0.2, 0.25) is 11.0 Å². The van der Waals surface area contributed by atoms with Gasteiger partial charge in [-0.15, -0.1) is 10.2 Å². The van der Waals surface area contributed by atoms with Gasteiger partial charge in [-0.25, -0.2) is 0 Å². The topological polar surface area (TPSA) is 102 Å². The Bertz CT molecular complexity index is 631. The number of carbonyl (C=O) groups is 1. The molecule has 2 rings (SSSR count). The summed E-state index contributed by atoms with van der Waals surface area (Å²) in [5.74, 6) is 0.942. The van der Waals surface area contributed by atoms with Gasteiger partial charge in [0.25, 0.3) is 0 Å². The van der Waals surface area contributed by atoms with Crippen molar-refractivity contribution in [2.24, 2.45) is 0 Å². The zero-order valence-electron chi connectivity index (χ0n) is 13.2. The van der Waals surface area contributed by atoms with E-state index in [9.17, 15) is 4.79 Å². The molecule has 8 nitrogen and oxygen atoms in total. The molecule has 126 valence electrons. The van der Waals surface area contributed by atoms with Gasteiger partial charge in [0.05, 0.1) is 11.9 Å². The number of ether oxygens (including phenoxy) is 1. The van der Waals surface area contributed by atoms with Crippen LogP contribution in [0.25, 0.3) is 0 Å². The van der Waals surface area contributed by atoms with Gasteiger partial charge in [-0.1, -0.05) is 35.2 Å². The molecule has 0 aliphatic heterocycles. The number of hydrogen-bond acceptors (Lipinski definition) is 9. The second-order valence-corrected chi connectivity index (χ2v) is 7.05. The number of carbonyl (C=O) groups excluding carboxylic acids is 1. The number of aromatic nitrogens is 3. The van der Waals surface area contributed by atoms with Gasteiger partial charge in [0, 0.05) is 19.7 Å². The zero-order chi connectivity index (χ0) is 16.7. The SMILES string of the molecule is CC[C@H](Sc1nnc(NCCOC)s1)C(=O)Nc1cc(C)on1. The van der Waals surface area contributed by atoms with Gasteiger partial charge in [-0.05, 0) is 13.3 Å². The Morgan fingerprint density at radius 2 is 2.35 bits per heavy atom. The second-order valence-electron chi connectivity index (χ2n) is 4.62. The lowest BCUT2D eigenvalue weighted by Crippen LogP contribution is -2.24. The summed E-state index contributed by atoms with van der Waals surface area (Å²) in [7, 11) is 1.64. The van der Waals surface area contributed by atoms with Crippen LogP contribution in [0.2, 0.25) is 0 Å². The molecule has 23 heavy (non-hydrogen) atoms. The van der Waals surface area contributed by atoms with Crippen LogP contribution in [0.3, 0.4) is 0 Å². The summed E-state index contributed by atoms with van der Waals surface area (Å²) in [4.78, 5) is 12.3. The van der Waals surface area contributed by atoms with Gasteiger partial charge < -0.3 is 19.9 Å². The number of rotatable bonds is 9. The maximum absolute atomic E-state index is 12.3. The van der Waals surface area contributed by atoms with Crippen molar-refractivity contribution in [3.05, 3.63) is 11.8 Å². The maximum Gasteiger partial charge on any atom is 0.239 e. The molecule has 0 aliphatic rings. The van der Waals surface area contributed by atoms with E-state index < -0.39 is 0 Å². The summed E-state index contributed by atoms with van der Waals surface area (Å²) < 4.78 is 10.6. The predicted molar refractivity (Wildman–Crippen MR) is 90.1 cm³/mol. The number of methoxy groups -OCH3 is 1. The maximum atomic E-state index is 12.3. The minimum Gasteiger partial charge on any atom is -0.383 e. The highest BCUT2D eigenvalue weighted by Gasteiger charge is 2.21. The van der Waals surface area contributed by atoms with Crippen LogP contribution in [0.4, 0.5) is 10.9 Å². The molecule has 0 saturated carbocycles. The normalized spacial score (nSPS) is 12.1. The molecular weight excluding hydrogens is 338 g/mol. The van der Waals surface area contributed by atoms with Crippen molar-refractivity contribution >= 4 is 40.0 Å². The molecule has 0 unspecified atom stereocenters. The molecule has 0 saturated heterocycles. The number of amides is 1. The van der Waals surface area contributed by atoms with Crippen LogP contribution in [0.1, 0.15) is 19.1 Å². The van der Waals surface area contributed by atoms with Crippen molar-refractivity contribution in [3.63, 3.8) is 0 Å². The summed E-state index contributed by atoms with van der Waals surface area (Å²) >= 11 is 2.80. The van der Waals surface area contributed by atoms with Crippen LogP contribution in [0.5, 0.6) is 0 Å². The van der Waals surface area contributed by atoms with Crippen molar-refractivity contribution in [2.45, 2.75) is 29.9 Å². The molecule has 1 atom stereocenters. The van der Waals surface area contributed by atoms with E-state index in [1.807, 2.05) is 6.92 Å². The molecular formula is C13H19N5O3S2. The Morgan fingerprint density at radius 3 is 3.00 bits per heavy atom. The van der Waals surface area contributed by atoms with E-state index in [0.29, 0.717) is 36.3 Å². The van der Waals surface area contributed by atoms with E-state index in [1.165, 1.54) is 23.1 Å². The molecule has 0 bridgehead atoms. The van der Waals surface area contributed by atoms with Crippen LogP contribution < -0.4 is 10.6 Å². The lowest BCUT2D eigenvalue weighted by molar-refractivity contribution is -0.115. The summed E-state index contributed by atoms with van der Waals surface area (Å²) in [5.41, 5.74) is 0. The Kier molecular flexibility index (Phi) is 6.81. The summed E-state index contributed by atoms with van der Waals surface area (Å²) in [5, 5.41) is 18.2. The standard InChI is InChI=1S/C13H19N5O3S2/c1-4-9(11(19)15-10-7-8(2)21-18-10)22-13-17-16-12(23-13)14-5-6-20-3/h7,9H,4-6H2,1-3H3,(H,14,16)(H,15,18,19)/t9-/m0/s1. The van der Waals surface area contributed by atoms with Gasteiger partial charge >= 0.3 is 0 Å². The predicted octanol–water partition coefficient (Wildman–Crippen LogP) is 2.40. The number of thioether (sulfide) groups is 1. The third-order valence-electron chi connectivity index (χ3n) is 2.77. The lowest BCUT2D eigenvalue weighted by Gasteiger charge is -2.10. The molecule has 0 spiro atoms. The van der Waals surface area contributed by atoms with E-state index in [2.05, 4.69) is 26.0 Å². The Morgan fingerprint density at radius 1 is 1.52 bits per heavy atom. The van der Waals surface area contributed by atoms with E-state index in [-0.39, 0.29) is 11.2 Å². The summed E-state index contributed by atoms with van der Waals surface area (Å²) in [6.45, 7) is 4.98. The monoisotopic (exact) mass is 357 g/mol. The molecule has 2 N–H and O–H groups in total. The second kappa shape index (κ2) is 8.85. The van der Waals surface area contributed by atoms with Crippen LogP contribution >= 0.6 is 23.1 Å². The smallest absolute Gasteiger partial charge is 0.239 e. The Balaban J connectivity index is 1.89. The highest BCUT2D eigenvalue weighted by atomic mass is 32.2. The van der Waals surface area contributed by atoms with Crippen LogP contribution in [-0.4, -0.2) is 46.8 Å². The first-order valence-corrected chi connectivity index (χ1v) is 8.79. The Labute approximate surface area is 142 Å². The highest BCUT2D eigenvalue weighted by molar-refractivity contribution is 8.02. The van der Waals surface area contributed by atoms with Gasteiger partial charge in [-0.2, -0.15) is 0 Å². The molecule has 0 radical (unpaired) electrons. The quantitative estimate of drug-likeness (QED) is 0.521. The van der Waals surface area contributed by atoms with Crippen molar-refractivity contribution < 1.29 is 14.1 Å². The minimum absolute atomic E-state index is 0.130. The first-order valence-electron chi connectivity index (χ1n) is 7.09. The molecule has 2 aromatic heterocycles. The fourth-order valence-electron chi connectivity index (χ4n) is 1.66. The van der Waals surface area contributed by atoms with E-state index >= 15 is 0 Å². The third kappa shape index (κ3) is 5.48. The van der Waals surface area contributed by atoms with Crippen molar-refractivity contribution in [2.75, 3.05) is 30.9 Å². The largest absolute Gasteiger partial charge is 0.383 e. The Hall–Kier alpha value is -1.65. The number of anilines is 2.